The lowest BCUT2D eigenvalue weighted by molar-refractivity contribution is -0.141. The zero-order chi connectivity index (χ0) is 19.1. The highest BCUT2D eigenvalue weighted by atomic mass is 19.4. The lowest BCUT2D eigenvalue weighted by Gasteiger charge is -2.16. The fourth-order valence-corrected chi connectivity index (χ4v) is 2.69. The van der Waals surface area contributed by atoms with Crippen LogP contribution in [0.15, 0.2) is 30.3 Å². The highest BCUT2D eigenvalue weighted by molar-refractivity contribution is 5.96. The van der Waals surface area contributed by atoms with Crippen LogP contribution in [0, 0.1) is 0 Å². The Bertz CT molecular complexity index is 836. The summed E-state index contributed by atoms with van der Waals surface area (Å²) in [5.74, 6) is -0.551. The maximum Gasteiger partial charge on any atom is 0.435 e. The molecular weight excluding hydrogens is 347 g/mol. The fraction of sp³-hybridized carbons (Fsp3) is 0.389. The number of nitrogens with zero attached hydrogens (tertiary/aromatic N) is 2. The van der Waals surface area contributed by atoms with E-state index in [1.165, 1.54) is 18.5 Å². The van der Waals surface area contributed by atoms with Crippen molar-refractivity contribution in [1.82, 2.24) is 9.78 Å². The summed E-state index contributed by atoms with van der Waals surface area (Å²) in [6, 6.07) is 6.44. The minimum atomic E-state index is -4.55. The lowest BCUT2D eigenvalue weighted by atomic mass is 10.1. The first-order valence-corrected chi connectivity index (χ1v) is 8.25. The Morgan fingerprint density at radius 1 is 1.23 bits per heavy atom. The van der Waals surface area contributed by atoms with Gasteiger partial charge in [-0.1, -0.05) is 0 Å². The van der Waals surface area contributed by atoms with E-state index in [2.05, 4.69) is 10.4 Å². The third kappa shape index (κ3) is 3.79. The Balaban J connectivity index is 1.80. The zero-order valence-corrected chi connectivity index (χ0v) is 14.3. The maximum atomic E-state index is 13.0. The van der Waals surface area contributed by atoms with Gasteiger partial charge in [0.15, 0.2) is 11.5 Å². The zero-order valence-electron chi connectivity index (χ0n) is 14.3. The van der Waals surface area contributed by atoms with Crippen molar-refractivity contribution < 1.29 is 22.8 Å². The predicted octanol–water partition coefficient (Wildman–Crippen LogP) is 4.18. The van der Waals surface area contributed by atoms with Crippen molar-refractivity contribution >= 4 is 17.4 Å². The molecule has 1 fully saturated rings. The predicted molar refractivity (Wildman–Crippen MR) is 89.0 cm³/mol. The van der Waals surface area contributed by atoms with Gasteiger partial charge in [0.05, 0.1) is 0 Å². The largest absolute Gasteiger partial charge is 0.435 e. The van der Waals surface area contributed by atoms with Gasteiger partial charge in [0.25, 0.3) is 0 Å². The second-order valence-electron chi connectivity index (χ2n) is 6.47. The summed E-state index contributed by atoms with van der Waals surface area (Å²) in [4.78, 5) is 23.7. The van der Waals surface area contributed by atoms with E-state index in [-0.39, 0.29) is 11.7 Å². The molecule has 1 aliphatic carbocycles. The van der Waals surface area contributed by atoms with Gasteiger partial charge in [0, 0.05) is 22.9 Å². The number of aromatic nitrogens is 2. The highest BCUT2D eigenvalue weighted by Gasteiger charge is 2.39. The molecule has 1 amide bonds. The molecule has 2 aromatic rings. The van der Waals surface area contributed by atoms with Crippen molar-refractivity contribution in [2.45, 2.75) is 44.8 Å². The molecule has 1 aromatic carbocycles. The smallest absolute Gasteiger partial charge is 0.324 e. The van der Waals surface area contributed by atoms with Crippen LogP contribution in [-0.4, -0.2) is 21.5 Å². The molecule has 1 aliphatic rings. The Morgan fingerprint density at radius 3 is 2.35 bits per heavy atom. The van der Waals surface area contributed by atoms with E-state index in [9.17, 15) is 22.8 Å². The summed E-state index contributed by atoms with van der Waals surface area (Å²) < 4.78 is 40.1. The minimum absolute atomic E-state index is 0.0173. The first kappa shape index (κ1) is 18.2. The number of anilines is 1. The number of rotatable bonds is 5. The lowest BCUT2D eigenvalue weighted by Crippen LogP contribution is -2.26. The van der Waals surface area contributed by atoms with Crippen molar-refractivity contribution in [2.24, 2.45) is 0 Å². The molecule has 8 heteroatoms. The third-order valence-corrected chi connectivity index (χ3v) is 4.36. The number of ketones is 1. The van der Waals surface area contributed by atoms with Gasteiger partial charge in [-0.15, -0.1) is 0 Å². The van der Waals surface area contributed by atoms with Crippen LogP contribution in [0.4, 0.5) is 18.9 Å². The van der Waals surface area contributed by atoms with Crippen LogP contribution in [0.2, 0.25) is 0 Å². The quantitative estimate of drug-likeness (QED) is 0.809. The summed E-state index contributed by atoms with van der Waals surface area (Å²) >= 11 is 0. The number of hydrogen-bond donors (Lipinski definition) is 1. The topological polar surface area (TPSA) is 64.0 Å². The van der Waals surface area contributed by atoms with Gasteiger partial charge in [-0.05, 0) is 57.0 Å². The van der Waals surface area contributed by atoms with E-state index in [0.29, 0.717) is 16.9 Å². The maximum absolute atomic E-state index is 13.0. The van der Waals surface area contributed by atoms with E-state index in [4.69, 9.17) is 0 Å². The van der Waals surface area contributed by atoms with Crippen LogP contribution in [0.5, 0.6) is 0 Å². The van der Waals surface area contributed by atoms with Crippen LogP contribution >= 0.6 is 0 Å². The molecule has 3 rings (SSSR count). The average molecular weight is 365 g/mol. The molecular formula is C18H18F3N3O2. The second kappa shape index (κ2) is 6.59. The number of halogens is 3. The number of benzene rings is 1. The standard InChI is InChI=1S/C18H18F3N3O2/c1-10(17(26)22-14-7-5-12(6-8-14)11(2)25)24-15(13-3-4-13)9-16(23-24)18(19,20)21/h5-10,13H,3-4H2,1-2H3,(H,22,26). The molecule has 0 saturated heterocycles. The van der Waals surface area contributed by atoms with Crippen LogP contribution in [0.25, 0.3) is 0 Å². The Labute approximate surface area is 148 Å². The van der Waals surface area contributed by atoms with Crippen molar-refractivity contribution in [3.05, 3.63) is 47.3 Å². The molecule has 138 valence electrons. The number of hydrogen-bond acceptors (Lipinski definition) is 3. The number of Topliss-reactive ketones (excluding diaryl/α,β-unsaturated/α-hetero) is 1. The molecule has 0 bridgehead atoms. The third-order valence-electron chi connectivity index (χ3n) is 4.36. The molecule has 26 heavy (non-hydrogen) atoms. The van der Waals surface area contributed by atoms with E-state index < -0.39 is 23.8 Å². The van der Waals surface area contributed by atoms with Crippen molar-refractivity contribution in [3.63, 3.8) is 0 Å². The van der Waals surface area contributed by atoms with Crippen LogP contribution in [0.3, 0.4) is 0 Å². The average Bonchev–Trinajstić information content (AvgIpc) is 3.31. The molecule has 1 unspecified atom stereocenters. The van der Waals surface area contributed by atoms with Crippen molar-refractivity contribution in [1.29, 1.82) is 0 Å². The molecule has 5 nitrogen and oxygen atoms in total. The number of nitrogens with one attached hydrogen (secondary N) is 1. The molecule has 1 saturated carbocycles. The molecule has 1 heterocycles. The molecule has 0 radical (unpaired) electrons. The van der Waals surface area contributed by atoms with E-state index in [0.717, 1.165) is 18.9 Å². The highest BCUT2D eigenvalue weighted by Crippen LogP contribution is 2.43. The van der Waals surface area contributed by atoms with Gasteiger partial charge in [-0.25, -0.2) is 0 Å². The van der Waals surface area contributed by atoms with Crippen molar-refractivity contribution in [2.75, 3.05) is 5.32 Å². The SMILES string of the molecule is CC(=O)c1ccc(NC(=O)C(C)n2nc(C(F)(F)F)cc2C2CC2)cc1. The number of carbonyl (C=O) groups is 2. The molecule has 0 spiro atoms. The van der Waals surface area contributed by atoms with E-state index in [1.54, 1.807) is 24.3 Å². The summed E-state index contributed by atoms with van der Waals surface area (Å²) in [6.07, 6.45) is -2.96. The Kier molecular flexibility index (Phi) is 4.60. The summed E-state index contributed by atoms with van der Waals surface area (Å²) in [7, 11) is 0. The van der Waals surface area contributed by atoms with Crippen LogP contribution in [-0.2, 0) is 11.0 Å². The van der Waals surface area contributed by atoms with Gasteiger partial charge >= 0.3 is 6.18 Å². The molecule has 0 aliphatic heterocycles. The number of carbonyl (C=O) groups excluding carboxylic acids is 2. The van der Waals surface area contributed by atoms with Crippen molar-refractivity contribution in [3.8, 4) is 0 Å². The van der Waals surface area contributed by atoms with Crippen LogP contribution in [0.1, 0.15) is 60.4 Å². The number of amides is 1. The normalized spacial score (nSPS) is 15.6. The summed E-state index contributed by atoms with van der Waals surface area (Å²) in [5.41, 5.74) is 0.425. The van der Waals surface area contributed by atoms with Gasteiger partial charge in [-0.2, -0.15) is 18.3 Å². The van der Waals surface area contributed by atoms with E-state index >= 15 is 0 Å². The molecule has 1 aromatic heterocycles. The minimum Gasteiger partial charge on any atom is -0.324 e. The first-order valence-electron chi connectivity index (χ1n) is 8.25. The fourth-order valence-electron chi connectivity index (χ4n) is 2.69. The Hall–Kier alpha value is -2.64. The van der Waals surface area contributed by atoms with Gasteiger partial charge in [-0.3, -0.25) is 14.3 Å². The van der Waals surface area contributed by atoms with Gasteiger partial charge in [0.1, 0.15) is 6.04 Å². The van der Waals surface area contributed by atoms with Gasteiger partial charge < -0.3 is 5.32 Å². The summed E-state index contributed by atoms with van der Waals surface area (Å²) in [6.45, 7) is 2.95. The molecule has 1 atom stereocenters. The Morgan fingerprint density at radius 2 is 1.85 bits per heavy atom. The monoisotopic (exact) mass is 365 g/mol. The summed E-state index contributed by atoms with van der Waals surface area (Å²) in [5, 5.41) is 6.28. The second-order valence-corrected chi connectivity index (χ2v) is 6.47. The van der Waals surface area contributed by atoms with Crippen LogP contribution < -0.4 is 5.32 Å². The van der Waals surface area contributed by atoms with E-state index in [1.807, 2.05) is 0 Å². The molecule has 1 N–H and O–H groups in total. The number of alkyl halides is 3. The van der Waals surface area contributed by atoms with Gasteiger partial charge in [0.2, 0.25) is 5.91 Å². The first-order chi connectivity index (χ1) is 12.2.